The molecule has 0 amide bonds. The van der Waals surface area contributed by atoms with Crippen molar-refractivity contribution >= 4 is 0 Å². The molecule has 0 aromatic carbocycles. The summed E-state index contributed by atoms with van der Waals surface area (Å²) in [6, 6.07) is 2.88. The van der Waals surface area contributed by atoms with Gasteiger partial charge in [0.1, 0.15) is 17.1 Å². The minimum Gasteiger partial charge on any atom is -0.371 e. The van der Waals surface area contributed by atoms with Crippen molar-refractivity contribution in [3.05, 3.63) is 29.8 Å². The Morgan fingerprint density at radius 3 is 2.85 bits per heavy atom. The molecule has 1 heterocycles. The van der Waals surface area contributed by atoms with E-state index in [1.54, 1.807) is 6.92 Å². The second kappa shape index (κ2) is 3.81. The zero-order valence-electron chi connectivity index (χ0n) is 7.75. The SMILES string of the molecule is COC(C)(CN)c1ncccc1F. The summed E-state index contributed by atoms with van der Waals surface area (Å²) in [5.74, 6) is -0.391. The average Bonchev–Trinajstić information content (AvgIpc) is 2.17. The predicted molar refractivity (Wildman–Crippen MR) is 47.6 cm³/mol. The Hall–Kier alpha value is -1.00. The Bertz CT molecular complexity index is 287. The van der Waals surface area contributed by atoms with Gasteiger partial charge in [0.25, 0.3) is 0 Å². The highest BCUT2D eigenvalue weighted by Gasteiger charge is 2.28. The maximum Gasteiger partial charge on any atom is 0.147 e. The zero-order valence-corrected chi connectivity index (χ0v) is 7.75. The van der Waals surface area contributed by atoms with Gasteiger partial charge in [-0.15, -0.1) is 0 Å². The number of aromatic nitrogens is 1. The van der Waals surface area contributed by atoms with Crippen LogP contribution in [-0.2, 0) is 10.3 Å². The molecule has 0 saturated carbocycles. The molecule has 1 aromatic rings. The molecular weight excluding hydrogens is 171 g/mol. The summed E-state index contributed by atoms with van der Waals surface area (Å²) in [6.45, 7) is 1.90. The van der Waals surface area contributed by atoms with Crippen LogP contribution in [0.4, 0.5) is 4.39 Å². The first-order chi connectivity index (χ1) is 6.14. The van der Waals surface area contributed by atoms with Crippen LogP contribution >= 0.6 is 0 Å². The summed E-state index contributed by atoms with van der Waals surface area (Å²) < 4.78 is 18.4. The van der Waals surface area contributed by atoms with Gasteiger partial charge in [0.2, 0.25) is 0 Å². The third kappa shape index (κ3) is 1.84. The highest BCUT2D eigenvalue weighted by molar-refractivity contribution is 5.15. The first kappa shape index (κ1) is 10.1. The first-order valence-electron chi connectivity index (χ1n) is 4.00. The molecule has 4 heteroatoms. The molecule has 1 rings (SSSR count). The molecule has 0 fully saturated rings. The quantitative estimate of drug-likeness (QED) is 0.763. The van der Waals surface area contributed by atoms with E-state index in [4.69, 9.17) is 10.5 Å². The standard InChI is InChI=1S/C9H13FN2O/c1-9(6-11,13-2)8-7(10)4-3-5-12-8/h3-5H,6,11H2,1-2H3. The van der Waals surface area contributed by atoms with Crippen molar-refractivity contribution in [1.29, 1.82) is 0 Å². The van der Waals surface area contributed by atoms with Gasteiger partial charge in [0, 0.05) is 19.9 Å². The lowest BCUT2D eigenvalue weighted by atomic mass is 10.0. The smallest absolute Gasteiger partial charge is 0.147 e. The van der Waals surface area contributed by atoms with Gasteiger partial charge in [-0.1, -0.05) is 0 Å². The molecule has 0 saturated heterocycles. The van der Waals surface area contributed by atoms with Gasteiger partial charge in [0.15, 0.2) is 0 Å². The second-order valence-corrected chi connectivity index (χ2v) is 2.97. The van der Waals surface area contributed by atoms with E-state index >= 15 is 0 Å². The van der Waals surface area contributed by atoms with E-state index in [9.17, 15) is 4.39 Å². The third-order valence-electron chi connectivity index (χ3n) is 2.10. The number of halogens is 1. The minimum absolute atomic E-state index is 0.192. The lowest BCUT2D eigenvalue weighted by Gasteiger charge is -2.25. The summed E-state index contributed by atoms with van der Waals surface area (Å²) in [5, 5.41) is 0. The van der Waals surface area contributed by atoms with Crippen molar-refractivity contribution in [3.63, 3.8) is 0 Å². The molecule has 0 aliphatic carbocycles. The van der Waals surface area contributed by atoms with E-state index in [0.29, 0.717) is 0 Å². The number of pyridine rings is 1. The predicted octanol–water partition coefficient (Wildman–Crippen LogP) is 1.04. The van der Waals surface area contributed by atoms with Crippen LogP contribution in [0.1, 0.15) is 12.6 Å². The molecular formula is C9H13FN2O. The highest BCUT2D eigenvalue weighted by atomic mass is 19.1. The van der Waals surface area contributed by atoms with Crippen LogP contribution in [0.5, 0.6) is 0 Å². The summed E-state index contributed by atoms with van der Waals surface area (Å²) in [6.07, 6.45) is 1.52. The molecule has 13 heavy (non-hydrogen) atoms. The topological polar surface area (TPSA) is 48.1 Å². The molecule has 72 valence electrons. The van der Waals surface area contributed by atoms with Crippen LogP contribution in [0.3, 0.4) is 0 Å². The maximum absolute atomic E-state index is 13.3. The molecule has 2 N–H and O–H groups in total. The number of rotatable bonds is 3. The molecule has 1 atom stereocenters. The van der Waals surface area contributed by atoms with Crippen molar-refractivity contribution in [2.45, 2.75) is 12.5 Å². The van der Waals surface area contributed by atoms with Gasteiger partial charge < -0.3 is 10.5 Å². The van der Waals surface area contributed by atoms with Crippen molar-refractivity contribution in [2.24, 2.45) is 5.73 Å². The van der Waals surface area contributed by atoms with Crippen molar-refractivity contribution < 1.29 is 9.13 Å². The second-order valence-electron chi connectivity index (χ2n) is 2.97. The monoisotopic (exact) mass is 184 g/mol. The summed E-state index contributed by atoms with van der Waals surface area (Å²) in [5.41, 5.74) is 4.89. The van der Waals surface area contributed by atoms with E-state index < -0.39 is 11.4 Å². The Morgan fingerprint density at radius 1 is 1.69 bits per heavy atom. The van der Waals surface area contributed by atoms with Crippen LogP contribution < -0.4 is 5.73 Å². The highest BCUT2D eigenvalue weighted by Crippen LogP contribution is 2.23. The molecule has 0 aliphatic rings. The Balaban J connectivity index is 3.12. The largest absolute Gasteiger partial charge is 0.371 e. The van der Waals surface area contributed by atoms with E-state index in [-0.39, 0.29) is 12.2 Å². The van der Waals surface area contributed by atoms with E-state index in [1.165, 1.54) is 25.4 Å². The Kier molecular flexibility index (Phi) is 2.95. The molecule has 1 aromatic heterocycles. The zero-order chi connectivity index (χ0) is 9.90. The fourth-order valence-electron chi connectivity index (χ4n) is 1.05. The summed E-state index contributed by atoms with van der Waals surface area (Å²) in [4.78, 5) is 3.91. The van der Waals surface area contributed by atoms with E-state index in [0.717, 1.165) is 0 Å². The van der Waals surface area contributed by atoms with Crippen molar-refractivity contribution in [1.82, 2.24) is 4.98 Å². The summed E-state index contributed by atoms with van der Waals surface area (Å²) >= 11 is 0. The van der Waals surface area contributed by atoms with E-state index in [2.05, 4.69) is 4.98 Å². The van der Waals surface area contributed by atoms with Crippen LogP contribution in [0.15, 0.2) is 18.3 Å². The lowest BCUT2D eigenvalue weighted by molar-refractivity contribution is 0.00326. The number of methoxy groups -OCH3 is 1. The van der Waals surface area contributed by atoms with Gasteiger partial charge in [-0.05, 0) is 19.1 Å². The molecule has 0 bridgehead atoms. The van der Waals surface area contributed by atoms with Gasteiger partial charge in [0.05, 0.1) is 0 Å². The number of nitrogens with zero attached hydrogens (tertiary/aromatic N) is 1. The fourth-order valence-corrected chi connectivity index (χ4v) is 1.05. The van der Waals surface area contributed by atoms with Gasteiger partial charge >= 0.3 is 0 Å². The number of hydrogen-bond acceptors (Lipinski definition) is 3. The minimum atomic E-state index is -0.842. The number of hydrogen-bond donors (Lipinski definition) is 1. The Labute approximate surface area is 76.7 Å². The first-order valence-corrected chi connectivity index (χ1v) is 4.00. The van der Waals surface area contributed by atoms with Crippen LogP contribution in [-0.4, -0.2) is 18.6 Å². The van der Waals surface area contributed by atoms with Gasteiger partial charge in [-0.3, -0.25) is 4.98 Å². The number of nitrogens with two attached hydrogens (primary N) is 1. The van der Waals surface area contributed by atoms with Crippen LogP contribution in [0, 0.1) is 5.82 Å². The lowest BCUT2D eigenvalue weighted by Crippen LogP contribution is -2.35. The number of ether oxygens (including phenoxy) is 1. The van der Waals surface area contributed by atoms with Crippen LogP contribution in [0.2, 0.25) is 0 Å². The molecule has 0 spiro atoms. The summed E-state index contributed by atoms with van der Waals surface area (Å²) in [7, 11) is 1.49. The van der Waals surface area contributed by atoms with Gasteiger partial charge in [-0.2, -0.15) is 0 Å². The fraction of sp³-hybridized carbons (Fsp3) is 0.444. The molecule has 3 nitrogen and oxygen atoms in total. The van der Waals surface area contributed by atoms with Gasteiger partial charge in [-0.25, -0.2) is 4.39 Å². The average molecular weight is 184 g/mol. The molecule has 0 aliphatic heterocycles. The van der Waals surface area contributed by atoms with E-state index in [1.807, 2.05) is 0 Å². The van der Waals surface area contributed by atoms with Crippen molar-refractivity contribution in [3.8, 4) is 0 Å². The van der Waals surface area contributed by atoms with Crippen molar-refractivity contribution in [2.75, 3.05) is 13.7 Å². The van der Waals surface area contributed by atoms with Crippen LogP contribution in [0.25, 0.3) is 0 Å². The molecule has 1 unspecified atom stereocenters. The normalized spacial score (nSPS) is 15.4. The third-order valence-corrected chi connectivity index (χ3v) is 2.10. The maximum atomic E-state index is 13.3. The molecule has 0 radical (unpaired) electrons. The Morgan fingerprint density at radius 2 is 2.38 bits per heavy atom.